The predicted octanol–water partition coefficient (Wildman–Crippen LogP) is 4.67. The molecule has 0 unspecified atom stereocenters. The Morgan fingerprint density at radius 3 is 1.77 bits per heavy atom. The molecule has 3 aromatic carbocycles. The molecule has 0 N–H and O–H groups in total. The van der Waals surface area contributed by atoms with E-state index in [1.54, 1.807) is 19.2 Å². The molecule has 4 heteroatoms. The molecule has 0 fully saturated rings. The Morgan fingerprint density at radius 1 is 0.731 bits per heavy atom. The summed E-state index contributed by atoms with van der Waals surface area (Å²) in [6.07, 6.45) is 0.759. The van der Waals surface area contributed by atoms with Crippen molar-refractivity contribution in [2.24, 2.45) is 0 Å². The topological polar surface area (TPSA) is 44.8 Å². The van der Waals surface area contributed by atoms with E-state index in [-0.39, 0.29) is 0 Å². The Kier molecular flexibility index (Phi) is 5.88. The van der Waals surface area contributed by atoms with E-state index in [9.17, 15) is 4.79 Å². The van der Waals surface area contributed by atoms with Crippen molar-refractivity contribution >= 4 is 6.29 Å². The highest BCUT2D eigenvalue weighted by molar-refractivity contribution is 5.81. The number of hydrogen-bond acceptors (Lipinski definition) is 4. The maximum atomic E-state index is 11.5. The lowest BCUT2D eigenvalue weighted by Crippen LogP contribution is -2.02. The average Bonchev–Trinajstić information content (AvgIpc) is 2.72. The molecule has 0 aromatic heterocycles. The van der Waals surface area contributed by atoms with E-state index in [1.165, 1.54) is 0 Å². The summed E-state index contributed by atoms with van der Waals surface area (Å²) in [4.78, 5) is 11.5. The molecule has 0 amide bonds. The smallest absolute Gasteiger partial charge is 0.164 e. The summed E-state index contributed by atoms with van der Waals surface area (Å²) in [7, 11) is 1.56. The molecule has 0 heterocycles. The minimum atomic E-state index is 0.370. The molecule has 0 spiro atoms. The van der Waals surface area contributed by atoms with Crippen molar-refractivity contribution in [1.82, 2.24) is 0 Å². The summed E-state index contributed by atoms with van der Waals surface area (Å²) in [5.74, 6) is 1.49. The number of rotatable bonds is 8. The Labute approximate surface area is 153 Å². The van der Waals surface area contributed by atoms with E-state index in [4.69, 9.17) is 14.2 Å². The van der Waals surface area contributed by atoms with Crippen LogP contribution in [0.3, 0.4) is 0 Å². The zero-order valence-corrected chi connectivity index (χ0v) is 14.6. The molecule has 0 aliphatic rings. The molecule has 132 valence electrons. The SMILES string of the molecule is COc1cc(OCc2ccccc2)c(C=O)cc1OCc1ccccc1. The van der Waals surface area contributed by atoms with Gasteiger partial charge in [0.15, 0.2) is 17.8 Å². The number of carbonyl (C=O) groups excluding carboxylic acids is 1. The van der Waals surface area contributed by atoms with Crippen LogP contribution in [-0.4, -0.2) is 13.4 Å². The van der Waals surface area contributed by atoms with Gasteiger partial charge in [0.25, 0.3) is 0 Å². The predicted molar refractivity (Wildman–Crippen MR) is 99.9 cm³/mol. The number of ether oxygens (including phenoxy) is 3. The average molecular weight is 348 g/mol. The number of carbonyl (C=O) groups is 1. The lowest BCUT2D eigenvalue weighted by Gasteiger charge is -2.15. The largest absolute Gasteiger partial charge is 0.493 e. The first-order valence-corrected chi connectivity index (χ1v) is 8.31. The van der Waals surface area contributed by atoms with Crippen molar-refractivity contribution < 1.29 is 19.0 Å². The Hall–Kier alpha value is -3.27. The minimum Gasteiger partial charge on any atom is -0.493 e. The first-order chi connectivity index (χ1) is 12.8. The molecule has 0 bridgehead atoms. The molecule has 3 rings (SSSR count). The summed E-state index contributed by atoms with van der Waals surface area (Å²) in [5.41, 5.74) is 2.48. The molecular weight excluding hydrogens is 328 g/mol. The molecule has 4 nitrogen and oxygen atoms in total. The highest BCUT2D eigenvalue weighted by Crippen LogP contribution is 2.35. The fraction of sp³-hybridized carbons (Fsp3) is 0.136. The highest BCUT2D eigenvalue weighted by atomic mass is 16.5. The van der Waals surface area contributed by atoms with E-state index in [0.29, 0.717) is 36.0 Å². The molecular formula is C22H20O4. The summed E-state index contributed by atoms with van der Waals surface area (Å²) >= 11 is 0. The van der Waals surface area contributed by atoms with Crippen LogP contribution in [0.1, 0.15) is 21.5 Å². The van der Waals surface area contributed by atoms with Crippen LogP contribution in [0.5, 0.6) is 17.2 Å². The van der Waals surface area contributed by atoms with Gasteiger partial charge in [-0.1, -0.05) is 60.7 Å². The van der Waals surface area contributed by atoms with Gasteiger partial charge in [-0.3, -0.25) is 4.79 Å². The standard InChI is InChI=1S/C22H20O4/c1-24-21-13-20(25-15-17-8-4-2-5-9-17)19(14-23)12-22(21)26-16-18-10-6-3-7-11-18/h2-14H,15-16H2,1H3. The normalized spacial score (nSPS) is 10.2. The van der Waals surface area contributed by atoms with Gasteiger partial charge >= 0.3 is 0 Å². The Bertz CT molecular complexity index is 845. The van der Waals surface area contributed by atoms with Crippen molar-refractivity contribution in [2.45, 2.75) is 13.2 Å². The van der Waals surface area contributed by atoms with Gasteiger partial charge in [-0.15, -0.1) is 0 Å². The van der Waals surface area contributed by atoms with Crippen LogP contribution in [0.4, 0.5) is 0 Å². The van der Waals surface area contributed by atoms with Gasteiger partial charge in [-0.2, -0.15) is 0 Å². The Balaban J connectivity index is 1.77. The molecule has 26 heavy (non-hydrogen) atoms. The van der Waals surface area contributed by atoms with Crippen LogP contribution in [-0.2, 0) is 13.2 Å². The van der Waals surface area contributed by atoms with Crippen LogP contribution in [0.2, 0.25) is 0 Å². The second-order valence-corrected chi connectivity index (χ2v) is 5.71. The van der Waals surface area contributed by atoms with E-state index in [1.807, 2.05) is 60.7 Å². The van der Waals surface area contributed by atoms with Crippen molar-refractivity contribution in [2.75, 3.05) is 7.11 Å². The zero-order chi connectivity index (χ0) is 18.2. The molecule has 0 aliphatic heterocycles. The summed E-state index contributed by atoms with van der Waals surface area (Å²) in [6.45, 7) is 0.759. The third kappa shape index (κ3) is 4.42. The second-order valence-electron chi connectivity index (χ2n) is 5.71. The third-order valence-corrected chi connectivity index (χ3v) is 3.90. The van der Waals surface area contributed by atoms with E-state index >= 15 is 0 Å². The van der Waals surface area contributed by atoms with Crippen molar-refractivity contribution in [3.63, 3.8) is 0 Å². The van der Waals surface area contributed by atoms with Crippen molar-refractivity contribution in [3.05, 3.63) is 89.5 Å². The number of benzene rings is 3. The van der Waals surface area contributed by atoms with Crippen molar-refractivity contribution in [3.8, 4) is 17.2 Å². The minimum absolute atomic E-state index is 0.370. The lowest BCUT2D eigenvalue weighted by molar-refractivity contribution is 0.111. The van der Waals surface area contributed by atoms with Crippen LogP contribution in [0, 0.1) is 0 Å². The fourth-order valence-corrected chi connectivity index (χ4v) is 2.52. The summed E-state index contributed by atoms with van der Waals surface area (Å²) in [6, 6.07) is 22.9. The lowest BCUT2D eigenvalue weighted by atomic mass is 10.2. The van der Waals surface area contributed by atoms with E-state index < -0.39 is 0 Å². The summed E-state index contributed by atoms with van der Waals surface area (Å²) in [5, 5.41) is 0. The first-order valence-electron chi connectivity index (χ1n) is 8.31. The molecule has 3 aromatic rings. The highest BCUT2D eigenvalue weighted by Gasteiger charge is 2.13. The van der Waals surface area contributed by atoms with Gasteiger partial charge in [0.05, 0.1) is 12.7 Å². The summed E-state index contributed by atoms with van der Waals surface area (Å²) < 4.78 is 17.0. The van der Waals surface area contributed by atoms with E-state index in [2.05, 4.69) is 0 Å². The van der Waals surface area contributed by atoms with Crippen LogP contribution < -0.4 is 14.2 Å². The van der Waals surface area contributed by atoms with Gasteiger partial charge in [-0.25, -0.2) is 0 Å². The quantitative estimate of drug-likeness (QED) is 0.555. The molecule has 0 saturated carbocycles. The van der Waals surface area contributed by atoms with Crippen molar-refractivity contribution in [1.29, 1.82) is 0 Å². The van der Waals surface area contributed by atoms with Crippen LogP contribution in [0.15, 0.2) is 72.8 Å². The van der Waals surface area contributed by atoms with Gasteiger partial charge in [-0.05, 0) is 17.2 Å². The molecule has 0 saturated heterocycles. The van der Waals surface area contributed by atoms with Gasteiger partial charge in [0.2, 0.25) is 0 Å². The van der Waals surface area contributed by atoms with Crippen LogP contribution >= 0.6 is 0 Å². The van der Waals surface area contributed by atoms with Gasteiger partial charge in [0.1, 0.15) is 19.0 Å². The third-order valence-electron chi connectivity index (χ3n) is 3.90. The second kappa shape index (κ2) is 8.72. The van der Waals surface area contributed by atoms with Gasteiger partial charge in [0, 0.05) is 6.07 Å². The molecule has 0 aliphatic carbocycles. The molecule has 0 atom stereocenters. The van der Waals surface area contributed by atoms with Gasteiger partial charge < -0.3 is 14.2 Å². The van der Waals surface area contributed by atoms with Crippen LogP contribution in [0.25, 0.3) is 0 Å². The molecule has 0 radical (unpaired) electrons. The zero-order valence-electron chi connectivity index (χ0n) is 14.6. The first kappa shape index (κ1) is 17.5. The number of methoxy groups -OCH3 is 1. The van der Waals surface area contributed by atoms with E-state index in [0.717, 1.165) is 17.4 Å². The monoisotopic (exact) mass is 348 g/mol. The fourth-order valence-electron chi connectivity index (χ4n) is 2.52. The maximum absolute atomic E-state index is 11.5. The number of aldehydes is 1. The maximum Gasteiger partial charge on any atom is 0.164 e. The number of hydrogen-bond donors (Lipinski definition) is 0. The Morgan fingerprint density at radius 2 is 1.27 bits per heavy atom.